The van der Waals surface area contributed by atoms with E-state index in [4.69, 9.17) is 4.74 Å². The number of nitrogens with one attached hydrogen (secondary N) is 2. The van der Waals surface area contributed by atoms with E-state index in [1.807, 2.05) is 49.4 Å². The zero-order valence-electron chi connectivity index (χ0n) is 16.2. The molecule has 1 heterocycles. The van der Waals surface area contributed by atoms with Gasteiger partial charge in [-0.1, -0.05) is 65.6 Å². The van der Waals surface area contributed by atoms with E-state index in [1.54, 1.807) is 18.2 Å². The highest BCUT2D eigenvalue weighted by atomic mass is 32.2. The molecule has 1 aromatic heterocycles. The van der Waals surface area contributed by atoms with Gasteiger partial charge in [-0.15, -0.1) is 10.2 Å². The zero-order chi connectivity index (χ0) is 21.2. The number of benzene rings is 2. The summed E-state index contributed by atoms with van der Waals surface area (Å²) in [5.74, 6) is 0.315. The van der Waals surface area contributed by atoms with Crippen LogP contribution in [0.15, 0.2) is 65.0 Å². The van der Waals surface area contributed by atoms with Gasteiger partial charge in [0.05, 0.1) is 18.0 Å². The van der Waals surface area contributed by atoms with Gasteiger partial charge in [-0.25, -0.2) is 0 Å². The lowest BCUT2D eigenvalue weighted by atomic mass is 10.2. The molecule has 9 heteroatoms. The summed E-state index contributed by atoms with van der Waals surface area (Å²) in [6, 6.07) is 16.8. The quantitative estimate of drug-likeness (QED) is 0.292. The van der Waals surface area contributed by atoms with E-state index in [0.717, 1.165) is 5.56 Å². The molecule has 0 fully saturated rings. The smallest absolute Gasteiger partial charge is 0.250 e. The Hall–Kier alpha value is -3.17. The van der Waals surface area contributed by atoms with Crippen molar-refractivity contribution in [2.45, 2.75) is 11.3 Å². The van der Waals surface area contributed by atoms with Gasteiger partial charge < -0.3 is 10.1 Å². The number of thioether (sulfide) groups is 1. The Bertz CT molecular complexity index is 1020. The molecule has 154 valence electrons. The maximum atomic E-state index is 12.2. The summed E-state index contributed by atoms with van der Waals surface area (Å²) in [6.07, 6.45) is 3.16. The third-order valence-corrected chi connectivity index (χ3v) is 5.62. The van der Waals surface area contributed by atoms with Crippen LogP contribution in [-0.2, 0) is 9.59 Å². The number of hydrogen-bond acceptors (Lipinski definition) is 7. The molecule has 0 unspecified atom stereocenters. The SMILES string of the molecule is CCOc1ccccc1NC(=O)CSc1nnc(NC(=O)/C=C/c2ccccc2)s1. The first-order valence-corrected chi connectivity index (χ1v) is 11.0. The zero-order valence-corrected chi connectivity index (χ0v) is 17.8. The van der Waals surface area contributed by atoms with E-state index in [0.29, 0.717) is 27.5 Å². The Kier molecular flexibility index (Phi) is 7.99. The highest BCUT2D eigenvalue weighted by molar-refractivity contribution is 8.01. The van der Waals surface area contributed by atoms with Gasteiger partial charge in [0, 0.05) is 6.08 Å². The molecular weight excluding hydrogens is 420 g/mol. The van der Waals surface area contributed by atoms with E-state index in [9.17, 15) is 9.59 Å². The fourth-order valence-electron chi connectivity index (χ4n) is 2.37. The van der Waals surface area contributed by atoms with Crippen molar-refractivity contribution in [3.05, 3.63) is 66.2 Å². The van der Waals surface area contributed by atoms with Gasteiger partial charge in [0.2, 0.25) is 16.9 Å². The lowest BCUT2D eigenvalue weighted by Crippen LogP contribution is -2.14. The number of hydrogen-bond donors (Lipinski definition) is 2. The van der Waals surface area contributed by atoms with Crippen molar-refractivity contribution >= 4 is 51.8 Å². The molecule has 0 radical (unpaired) electrons. The third-order valence-electron chi connectivity index (χ3n) is 3.65. The predicted octanol–water partition coefficient (Wildman–Crippen LogP) is 4.32. The average Bonchev–Trinajstić information content (AvgIpc) is 3.20. The van der Waals surface area contributed by atoms with E-state index in [-0.39, 0.29) is 17.6 Å². The summed E-state index contributed by atoms with van der Waals surface area (Å²) < 4.78 is 6.09. The van der Waals surface area contributed by atoms with Crippen LogP contribution in [0.1, 0.15) is 12.5 Å². The number of ether oxygens (including phenoxy) is 1. The van der Waals surface area contributed by atoms with Crippen LogP contribution >= 0.6 is 23.1 Å². The molecule has 0 saturated carbocycles. The fraction of sp³-hybridized carbons (Fsp3) is 0.143. The van der Waals surface area contributed by atoms with Crippen LogP contribution in [0.25, 0.3) is 6.08 Å². The first kappa shape index (κ1) is 21.5. The molecule has 2 aromatic carbocycles. The van der Waals surface area contributed by atoms with Crippen LogP contribution in [0.3, 0.4) is 0 Å². The van der Waals surface area contributed by atoms with E-state index in [1.165, 1.54) is 29.2 Å². The molecule has 0 aliphatic carbocycles. The number of para-hydroxylation sites is 2. The summed E-state index contributed by atoms with van der Waals surface area (Å²) in [7, 11) is 0. The number of nitrogens with zero attached hydrogens (tertiary/aromatic N) is 2. The molecule has 3 rings (SSSR count). The van der Waals surface area contributed by atoms with Crippen molar-refractivity contribution in [1.29, 1.82) is 0 Å². The largest absolute Gasteiger partial charge is 0.492 e. The molecule has 2 amide bonds. The van der Waals surface area contributed by atoms with Crippen LogP contribution in [0.2, 0.25) is 0 Å². The Balaban J connectivity index is 1.48. The molecule has 30 heavy (non-hydrogen) atoms. The van der Waals surface area contributed by atoms with Crippen LogP contribution in [0, 0.1) is 0 Å². The van der Waals surface area contributed by atoms with Crippen molar-refractivity contribution in [2.75, 3.05) is 23.0 Å². The predicted molar refractivity (Wildman–Crippen MR) is 121 cm³/mol. The second-order valence-electron chi connectivity index (χ2n) is 5.87. The van der Waals surface area contributed by atoms with Gasteiger partial charge >= 0.3 is 0 Å². The van der Waals surface area contributed by atoms with Gasteiger partial charge in [-0.3, -0.25) is 14.9 Å². The Labute approximate surface area is 182 Å². The highest BCUT2D eigenvalue weighted by Crippen LogP contribution is 2.27. The van der Waals surface area contributed by atoms with Crippen molar-refractivity contribution in [3.8, 4) is 5.75 Å². The maximum Gasteiger partial charge on any atom is 0.250 e. The number of aromatic nitrogens is 2. The molecule has 0 saturated heterocycles. The molecule has 7 nitrogen and oxygen atoms in total. The molecule has 2 N–H and O–H groups in total. The standard InChI is InChI=1S/C21H20N4O3S2/c1-2-28-17-11-7-6-10-16(17)22-19(27)14-29-21-25-24-20(30-21)23-18(26)13-12-15-8-4-3-5-9-15/h3-13H,2,14H2,1H3,(H,22,27)(H,23,24,26)/b13-12+. The lowest BCUT2D eigenvalue weighted by molar-refractivity contribution is -0.114. The molecule has 3 aromatic rings. The number of carbonyl (C=O) groups is 2. The first-order valence-electron chi connectivity index (χ1n) is 9.16. The van der Waals surface area contributed by atoms with Gasteiger partial charge in [0.1, 0.15) is 5.75 Å². The van der Waals surface area contributed by atoms with Crippen molar-refractivity contribution in [2.24, 2.45) is 0 Å². The van der Waals surface area contributed by atoms with E-state index < -0.39 is 0 Å². The Morgan fingerprint density at radius 2 is 1.83 bits per heavy atom. The van der Waals surface area contributed by atoms with Gasteiger partial charge in [0.15, 0.2) is 4.34 Å². The lowest BCUT2D eigenvalue weighted by Gasteiger charge is -2.10. The first-order chi connectivity index (χ1) is 14.6. The van der Waals surface area contributed by atoms with Crippen LogP contribution in [0.5, 0.6) is 5.75 Å². The van der Waals surface area contributed by atoms with Crippen molar-refractivity contribution < 1.29 is 14.3 Å². The Morgan fingerprint density at radius 1 is 1.07 bits per heavy atom. The van der Waals surface area contributed by atoms with Crippen molar-refractivity contribution in [1.82, 2.24) is 10.2 Å². The molecule has 0 spiro atoms. The average molecular weight is 441 g/mol. The summed E-state index contributed by atoms with van der Waals surface area (Å²) >= 11 is 2.46. The highest BCUT2D eigenvalue weighted by Gasteiger charge is 2.11. The molecule has 0 aliphatic heterocycles. The van der Waals surface area contributed by atoms with Gasteiger partial charge in [-0.2, -0.15) is 0 Å². The fourth-order valence-corrected chi connectivity index (χ4v) is 3.92. The minimum atomic E-state index is -0.295. The number of amides is 2. The number of carbonyl (C=O) groups excluding carboxylic acids is 2. The minimum absolute atomic E-state index is 0.164. The summed E-state index contributed by atoms with van der Waals surface area (Å²) in [4.78, 5) is 24.2. The normalized spacial score (nSPS) is 10.7. The van der Waals surface area contributed by atoms with E-state index >= 15 is 0 Å². The summed E-state index contributed by atoms with van der Waals surface area (Å²) in [6.45, 7) is 2.40. The molecule has 0 atom stereocenters. The number of anilines is 2. The second-order valence-corrected chi connectivity index (χ2v) is 8.07. The second kappa shape index (κ2) is 11.1. The van der Waals surface area contributed by atoms with Gasteiger partial charge in [-0.05, 0) is 30.7 Å². The minimum Gasteiger partial charge on any atom is -0.492 e. The van der Waals surface area contributed by atoms with Crippen LogP contribution in [0.4, 0.5) is 10.8 Å². The van der Waals surface area contributed by atoms with Gasteiger partial charge in [0.25, 0.3) is 0 Å². The Morgan fingerprint density at radius 3 is 2.63 bits per heavy atom. The molecule has 0 bridgehead atoms. The maximum absolute atomic E-state index is 12.2. The third kappa shape index (κ3) is 6.71. The monoisotopic (exact) mass is 440 g/mol. The molecular formula is C21H20N4O3S2. The number of rotatable bonds is 9. The molecule has 0 aliphatic rings. The van der Waals surface area contributed by atoms with Crippen LogP contribution < -0.4 is 15.4 Å². The topological polar surface area (TPSA) is 93.2 Å². The summed E-state index contributed by atoms with van der Waals surface area (Å²) in [5, 5.41) is 13.8. The van der Waals surface area contributed by atoms with Crippen molar-refractivity contribution in [3.63, 3.8) is 0 Å². The van der Waals surface area contributed by atoms with Crippen LogP contribution in [-0.4, -0.2) is 34.4 Å². The summed E-state index contributed by atoms with van der Waals surface area (Å²) in [5.41, 5.74) is 1.55. The van der Waals surface area contributed by atoms with E-state index in [2.05, 4.69) is 20.8 Å².